The first-order valence-corrected chi connectivity index (χ1v) is 16.8. The highest BCUT2D eigenvalue weighted by atomic mass is 16.7. The first-order chi connectivity index (χ1) is 21.5. The summed E-state index contributed by atoms with van der Waals surface area (Å²) in [7, 11) is 0. The minimum Gasteiger partial charge on any atom is -0.370 e. The van der Waals surface area contributed by atoms with Crippen LogP contribution in [0.25, 0.3) is 0 Å². The second kappa shape index (κ2) is 11.1. The standard InChI is InChI=1S/C34H45N7O3/c35-32(42)34-19-23-17-24(20-34)31(25(18-23)21-34)37-33(43)44-41-16-15-40(28-5-1-2-6-29(28)41)30-8-7-27(22-36-30)39-13-9-26(10-14-39)38-11-3-4-12-38/h1-2,5-8,22-26,31H,3-4,9-21H2,(H2,35,42)(H,37,43)/t23?,24-,25+,31?,34?. The zero-order chi connectivity index (χ0) is 29.8. The molecule has 3 aliphatic heterocycles. The molecule has 9 rings (SSSR count). The van der Waals surface area contributed by atoms with Gasteiger partial charge in [0.15, 0.2) is 0 Å². The zero-order valence-electron chi connectivity index (χ0n) is 25.6. The van der Waals surface area contributed by atoms with Gasteiger partial charge in [-0.25, -0.2) is 14.8 Å². The molecule has 10 heteroatoms. The van der Waals surface area contributed by atoms with E-state index in [4.69, 9.17) is 15.6 Å². The van der Waals surface area contributed by atoms with Crippen LogP contribution in [0, 0.1) is 23.2 Å². The number of piperidine rings is 1. The topological polar surface area (TPSA) is 107 Å². The van der Waals surface area contributed by atoms with Gasteiger partial charge < -0.3 is 30.6 Å². The smallest absolute Gasteiger partial charge is 0.370 e. The Morgan fingerprint density at radius 1 is 0.886 bits per heavy atom. The molecule has 6 fully saturated rings. The number of rotatable bonds is 6. The predicted octanol–water partition coefficient (Wildman–Crippen LogP) is 4.43. The van der Waals surface area contributed by atoms with E-state index in [2.05, 4.69) is 38.2 Å². The monoisotopic (exact) mass is 599 g/mol. The van der Waals surface area contributed by atoms with Crippen LogP contribution >= 0.6 is 0 Å². The number of primary amides is 1. The lowest BCUT2D eigenvalue weighted by molar-refractivity contribution is -0.145. The molecule has 7 aliphatic rings. The molecule has 1 aromatic carbocycles. The van der Waals surface area contributed by atoms with Crippen molar-refractivity contribution in [2.75, 3.05) is 54.1 Å². The summed E-state index contributed by atoms with van der Waals surface area (Å²) >= 11 is 0. The Morgan fingerprint density at radius 2 is 1.61 bits per heavy atom. The quantitative estimate of drug-likeness (QED) is 0.503. The number of pyridine rings is 1. The van der Waals surface area contributed by atoms with Gasteiger partial charge in [0, 0.05) is 37.1 Å². The van der Waals surface area contributed by atoms with Gasteiger partial charge in [-0.05, 0) is 113 Å². The van der Waals surface area contributed by atoms with Crippen molar-refractivity contribution in [1.82, 2.24) is 15.2 Å². The van der Waals surface area contributed by atoms with Crippen LogP contribution in [0.4, 0.5) is 27.7 Å². The average molecular weight is 600 g/mol. The molecule has 44 heavy (non-hydrogen) atoms. The number of nitrogens with two attached hydrogens (primary N) is 1. The van der Waals surface area contributed by atoms with Crippen molar-refractivity contribution in [3.05, 3.63) is 42.6 Å². The normalized spacial score (nSPS) is 31.7. The van der Waals surface area contributed by atoms with Crippen molar-refractivity contribution in [2.24, 2.45) is 28.9 Å². The van der Waals surface area contributed by atoms with Crippen LogP contribution in [0.2, 0.25) is 0 Å². The van der Waals surface area contributed by atoms with Crippen molar-refractivity contribution in [3.8, 4) is 0 Å². The van der Waals surface area contributed by atoms with Gasteiger partial charge in [-0.3, -0.25) is 4.79 Å². The first-order valence-electron chi connectivity index (χ1n) is 16.8. The molecule has 2 aromatic rings. The third-order valence-electron chi connectivity index (χ3n) is 11.7. The third kappa shape index (κ3) is 4.95. The molecule has 4 saturated carbocycles. The molecule has 3 N–H and O–H groups in total. The third-order valence-corrected chi connectivity index (χ3v) is 11.7. The minimum absolute atomic E-state index is 0.0387. The van der Waals surface area contributed by atoms with E-state index in [-0.39, 0.29) is 29.2 Å². The number of nitrogens with zero attached hydrogens (tertiary/aromatic N) is 5. The van der Waals surface area contributed by atoms with Gasteiger partial charge >= 0.3 is 6.09 Å². The number of benzene rings is 1. The Labute approximate surface area is 259 Å². The van der Waals surface area contributed by atoms with E-state index in [9.17, 15) is 9.59 Å². The molecule has 4 aliphatic carbocycles. The predicted molar refractivity (Wildman–Crippen MR) is 170 cm³/mol. The number of hydrogen-bond acceptors (Lipinski definition) is 8. The molecular formula is C34H45N7O3. The van der Waals surface area contributed by atoms with Crippen LogP contribution < -0.4 is 25.9 Å². The summed E-state index contributed by atoms with van der Waals surface area (Å²) in [6.45, 7) is 5.88. The number of likely N-dealkylation sites (tertiary alicyclic amines) is 1. The van der Waals surface area contributed by atoms with Crippen molar-refractivity contribution in [2.45, 2.75) is 69.9 Å². The van der Waals surface area contributed by atoms with Crippen molar-refractivity contribution >= 4 is 34.9 Å². The number of carbonyl (C=O) groups is 2. The molecule has 10 nitrogen and oxygen atoms in total. The van der Waals surface area contributed by atoms with E-state index >= 15 is 0 Å². The Balaban J connectivity index is 0.908. The van der Waals surface area contributed by atoms with E-state index in [0.717, 1.165) is 68.4 Å². The first kappa shape index (κ1) is 28.0. The second-order valence-corrected chi connectivity index (χ2v) is 14.2. The summed E-state index contributed by atoms with van der Waals surface area (Å²) in [6, 6.07) is 13.1. The number of fused-ring (bicyclic) bond motifs is 1. The van der Waals surface area contributed by atoms with E-state index in [1.165, 1.54) is 44.5 Å². The molecule has 4 bridgehead atoms. The largest absolute Gasteiger partial charge is 0.431 e. The highest BCUT2D eigenvalue weighted by Crippen LogP contribution is 2.60. The summed E-state index contributed by atoms with van der Waals surface area (Å²) in [6.07, 6.45) is 11.3. The van der Waals surface area contributed by atoms with E-state index in [0.29, 0.717) is 19.0 Å². The number of para-hydroxylation sites is 2. The SMILES string of the molecule is NC(=O)C12CC3C[C@H](C1)C(NC(=O)ON1CCN(c4ccc(N5CCC(N6CCCC6)CC5)cn4)c4ccccc41)[C@@H](C3)C2. The lowest BCUT2D eigenvalue weighted by Gasteiger charge is -2.58. The van der Waals surface area contributed by atoms with Gasteiger partial charge in [-0.2, -0.15) is 0 Å². The van der Waals surface area contributed by atoms with Crippen LogP contribution in [-0.2, 0) is 9.63 Å². The molecule has 0 spiro atoms. The summed E-state index contributed by atoms with van der Waals surface area (Å²) in [5.74, 6) is 1.86. The van der Waals surface area contributed by atoms with Gasteiger partial charge in [0.25, 0.3) is 0 Å². The summed E-state index contributed by atoms with van der Waals surface area (Å²) in [5, 5.41) is 4.92. The number of anilines is 4. The van der Waals surface area contributed by atoms with Crippen LogP contribution in [-0.4, -0.2) is 73.2 Å². The van der Waals surface area contributed by atoms with E-state index < -0.39 is 6.09 Å². The van der Waals surface area contributed by atoms with Crippen LogP contribution in [0.3, 0.4) is 0 Å². The average Bonchev–Trinajstić information content (AvgIpc) is 3.58. The van der Waals surface area contributed by atoms with Gasteiger partial charge in [0.1, 0.15) is 5.82 Å². The minimum atomic E-state index is -0.421. The molecular weight excluding hydrogens is 554 g/mol. The lowest BCUT2D eigenvalue weighted by atomic mass is 9.47. The highest BCUT2D eigenvalue weighted by molar-refractivity contribution is 5.82. The molecule has 0 radical (unpaired) electrons. The summed E-state index contributed by atoms with van der Waals surface area (Å²) in [5.41, 5.74) is 8.49. The number of hydrogen-bond donors (Lipinski definition) is 2. The maximum absolute atomic E-state index is 13.3. The van der Waals surface area contributed by atoms with Crippen molar-refractivity contribution in [1.29, 1.82) is 0 Å². The molecule has 2 amide bonds. The molecule has 234 valence electrons. The lowest BCUT2D eigenvalue weighted by Crippen LogP contribution is -2.62. The van der Waals surface area contributed by atoms with Crippen LogP contribution in [0.15, 0.2) is 42.6 Å². The van der Waals surface area contributed by atoms with Gasteiger partial charge in [0.05, 0.1) is 29.8 Å². The van der Waals surface area contributed by atoms with Gasteiger partial charge in [-0.1, -0.05) is 12.1 Å². The fourth-order valence-electron chi connectivity index (χ4n) is 9.81. The number of hydroxylamine groups is 1. The van der Waals surface area contributed by atoms with E-state index in [1.807, 2.05) is 24.4 Å². The maximum Gasteiger partial charge on any atom is 0.431 e. The highest BCUT2D eigenvalue weighted by Gasteiger charge is 2.58. The van der Waals surface area contributed by atoms with E-state index in [1.54, 1.807) is 5.06 Å². The van der Waals surface area contributed by atoms with Crippen LogP contribution in [0.1, 0.15) is 57.8 Å². The summed E-state index contributed by atoms with van der Waals surface area (Å²) < 4.78 is 0. The molecule has 1 aromatic heterocycles. The zero-order valence-corrected chi connectivity index (χ0v) is 25.6. The Kier molecular flexibility index (Phi) is 7.07. The number of amides is 2. The van der Waals surface area contributed by atoms with Gasteiger partial charge in [0.2, 0.25) is 5.91 Å². The fourth-order valence-corrected chi connectivity index (χ4v) is 9.81. The molecule has 4 heterocycles. The fraction of sp³-hybridized carbons (Fsp3) is 0.618. The Bertz CT molecular complexity index is 1370. The number of nitrogens with one attached hydrogen (secondary N) is 1. The Morgan fingerprint density at radius 3 is 2.30 bits per heavy atom. The molecule has 3 unspecified atom stereocenters. The number of aromatic nitrogens is 1. The Hall–Kier alpha value is -3.53. The molecule has 5 atom stereocenters. The summed E-state index contributed by atoms with van der Waals surface area (Å²) in [4.78, 5) is 43.8. The van der Waals surface area contributed by atoms with Crippen molar-refractivity contribution in [3.63, 3.8) is 0 Å². The van der Waals surface area contributed by atoms with Gasteiger partial charge in [-0.15, -0.1) is 0 Å². The maximum atomic E-state index is 13.3. The number of carbonyl (C=O) groups excluding carboxylic acids is 2. The second-order valence-electron chi connectivity index (χ2n) is 14.2. The van der Waals surface area contributed by atoms with Crippen LogP contribution in [0.5, 0.6) is 0 Å². The van der Waals surface area contributed by atoms with Crippen molar-refractivity contribution < 1.29 is 14.4 Å². The molecule has 2 saturated heterocycles.